The van der Waals surface area contributed by atoms with Crippen LogP contribution in [0.25, 0.3) is 0 Å². The highest BCUT2D eigenvalue weighted by Gasteiger charge is 2.38. The Morgan fingerprint density at radius 3 is 2.71 bits per heavy atom. The lowest BCUT2D eigenvalue weighted by Crippen LogP contribution is -2.43. The number of nitrogens with zero attached hydrogens (tertiary/aromatic N) is 1. The largest absolute Gasteiger partial charge is 0.325 e. The normalized spacial score (nSPS) is 36.2. The van der Waals surface area contributed by atoms with Gasteiger partial charge in [0.2, 0.25) is 5.91 Å². The second-order valence-corrected chi connectivity index (χ2v) is 6.81. The Bertz CT molecular complexity index is 312. The molecule has 2 aliphatic heterocycles. The minimum Gasteiger partial charge on any atom is -0.325 e. The van der Waals surface area contributed by atoms with Gasteiger partial charge < -0.3 is 4.90 Å². The van der Waals surface area contributed by atoms with Crippen molar-refractivity contribution in [2.45, 2.75) is 45.2 Å². The van der Waals surface area contributed by atoms with Gasteiger partial charge in [-0.25, -0.2) is 0 Å². The average molecular weight is 258 g/mol. The van der Waals surface area contributed by atoms with E-state index in [2.05, 4.69) is 19.2 Å². The lowest BCUT2D eigenvalue weighted by atomic mass is 9.99. The lowest BCUT2D eigenvalue weighted by Gasteiger charge is -2.30. The van der Waals surface area contributed by atoms with Gasteiger partial charge in [0.1, 0.15) is 0 Å². The summed E-state index contributed by atoms with van der Waals surface area (Å²) >= 11 is 0. The highest BCUT2D eigenvalue weighted by molar-refractivity contribution is 7.85. The molecule has 17 heavy (non-hydrogen) atoms. The van der Waals surface area contributed by atoms with Crippen LogP contribution in [0, 0.1) is 5.92 Å². The van der Waals surface area contributed by atoms with Crippen LogP contribution in [0.3, 0.4) is 0 Å². The van der Waals surface area contributed by atoms with Gasteiger partial charge in [-0.1, -0.05) is 20.3 Å². The fourth-order valence-electron chi connectivity index (χ4n) is 2.62. The first-order chi connectivity index (χ1) is 8.13. The number of rotatable bonds is 3. The van der Waals surface area contributed by atoms with Crippen molar-refractivity contribution in [2.24, 2.45) is 5.92 Å². The van der Waals surface area contributed by atoms with Crippen LogP contribution in [0.15, 0.2) is 0 Å². The van der Waals surface area contributed by atoms with Gasteiger partial charge in [-0.2, -0.15) is 0 Å². The average Bonchev–Trinajstić information content (AvgIpc) is 2.71. The zero-order chi connectivity index (χ0) is 12.4. The Kier molecular flexibility index (Phi) is 4.20. The number of hydrogen-bond acceptors (Lipinski definition) is 3. The van der Waals surface area contributed by atoms with E-state index in [1.165, 1.54) is 0 Å². The summed E-state index contributed by atoms with van der Waals surface area (Å²) in [6.45, 7) is 4.91. The Balaban J connectivity index is 1.95. The first-order valence-corrected chi connectivity index (χ1v) is 8.01. The second-order valence-electron chi connectivity index (χ2n) is 5.11. The molecule has 1 amide bonds. The summed E-state index contributed by atoms with van der Waals surface area (Å²) in [6.07, 6.45) is 2.81. The summed E-state index contributed by atoms with van der Waals surface area (Å²) in [7, 11) is -0.650. The number of hydrogen-bond donors (Lipinski definition) is 1. The quantitative estimate of drug-likeness (QED) is 0.811. The number of nitrogens with one attached hydrogen (secondary N) is 1. The predicted octanol–water partition coefficient (Wildman–Crippen LogP) is 0.702. The molecule has 2 fully saturated rings. The van der Waals surface area contributed by atoms with Crippen LogP contribution >= 0.6 is 0 Å². The van der Waals surface area contributed by atoms with Gasteiger partial charge in [-0.15, -0.1) is 0 Å². The molecular formula is C12H22N2O2S. The van der Waals surface area contributed by atoms with Crippen LogP contribution in [-0.2, 0) is 15.6 Å². The van der Waals surface area contributed by atoms with Crippen LogP contribution in [-0.4, -0.2) is 45.3 Å². The molecule has 0 spiro atoms. The summed E-state index contributed by atoms with van der Waals surface area (Å²) < 4.78 is 11.3. The van der Waals surface area contributed by atoms with E-state index in [0.717, 1.165) is 30.8 Å². The van der Waals surface area contributed by atoms with E-state index < -0.39 is 10.8 Å². The van der Waals surface area contributed by atoms with Crippen molar-refractivity contribution >= 4 is 16.7 Å². The Morgan fingerprint density at radius 2 is 2.12 bits per heavy atom. The standard InChI is InChI=1S/C12H22N2O2S/c1-3-9(2)11-12(15)14(8-13-11)10-4-6-17(16)7-5-10/h9-11,13H,3-8H2,1-2H3. The van der Waals surface area contributed by atoms with E-state index in [1.54, 1.807) is 0 Å². The topological polar surface area (TPSA) is 49.4 Å². The fraction of sp³-hybridized carbons (Fsp3) is 0.917. The first-order valence-electron chi connectivity index (χ1n) is 6.52. The van der Waals surface area contributed by atoms with Gasteiger partial charge in [0.05, 0.1) is 12.7 Å². The summed E-state index contributed by atoms with van der Waals surface area (Å²) in [5.41, 5.74) is 0. The minimum absolute atomic E-state index is 0.00701. The van der Waals surface area contributed by atoms with Gasteiger partial charge in [0.15, 0.2) is 0 Å². The zero-order valence-electron chi connectivity index (χ0n) is 10.6. The van der Waals surface area contributed by atoms with E-state index >= 15 is 0 Å². The van der Waals surface area contributed by atoms with Crippen molar-refractivity contribution < 1.29 is 9.00 Å². The first kappa shape index (κ1) is 13.0. The van der Waals surface area contributed by atoms with Crippen LogP contribution in [0.1, 0.15) is 33.1 Å². The molecule has 2 atom stereocenters. The van der Waals surface area contributed by atoms with Crippen LogP contribution in [0.4, 0.5) is 0 Å². The van der Waals surface area contributed by atoms with Crippen LogP contribution in [0.2, 0.25) is 0 Å². The maximum atomic E-state index is 12.3. The molecule has 0 aliphatic carbocycles. The molecule has 0 bridgehead atoms. The SMILES string of the molecule is CCC(C)C1NCN(C2CCS(=O)CC2)C1=O. The van der Waals surface area contributed by atoms with Gasteiger partial charge in [-0.05, 0) is 18.8 Å². The monoisotopic (exact) mass is 258 g/mol. The molecule has 0 saturated carbocycles. The summed E-state index contributed by atoms with van der Waals surface area (Å²) in [5, 5.41) is 3.32. The van der Waals surface area contributed by atoms with Gasteiger partial charge in [0.25, 0.3) is 0 Å². The van der Waals surface area contributed by atoms with E-state index in [4.69, 9.17) is 0 Å². The third-order valence-corrected chi connectivity index (χ3v) is 5.42. The minimum atomic E-state index is -0.650. The molecule has 0 aromatic carbocycles. The molecule has 2 saturated heterocycles. The smallest absolute Gasteiger partial charge is 0.241 e. The highest BCUT2D eigenvalue weighted by atomic mass is 32.2. The predicted molar refractivity (Wildman–Crippen MR) is 69.0 cm³/mol. The van der Waals surface area contributed by atoms with E-state index in [1.807, 2.05) is 4.90 Å². The van der Waals surface area contributed by atoms with Crippen molar-refractivity contribution in [3.05, 3.63) is 0 Å². The summed E-state index contributed by atoms with van der Waals surface area (Å²) in [6, 6.07) is 0.300. The number of amides is 1. The number of carbonyl (C=O) groups is 1. The molecule has 4 nitrogen and oxygen atoms in total. The van der Waals surface area contributed by atoms with Crippen LogP contribution < -0.4 is 5.32 Å². The molecule has 0 radical (unpaired) electrons. The molecule has 2 heterocycles. The molecule has 5 heteroatoms. The fourth-order valence-corrected chi connectivity index (χ4v) is 3.90. The van der Waals surface area contributed by atoms with Crippen molar-refractivity contribution in [2.75, 3.05) is 18.2 Å². The molecule has 98 valence electrons. The van der Waals surface area contributed by atoms with Crippen LogP contribution in [0.5, 0.6) is 0 Å². The third-order valence-electron chi connectivity index (χ3n) is 4.04. The molecule has 0 aromatic rings. The molecule has 2 aliphatic rings. The summed E-state index contributed by atoms with van der Waals surface area (Å²) in [5.74, 6) is 2.15. The van der Waals surface area contributed by atoms with Gasteiger partial charge in [-0.3, -0.25) is 14.3 Å². The van der Waals surface area contributed by atoms with E-state index in [-0.39, 0.29) is 11.9 Å². The highest BCUT2D eigenvalue weighted by Crippen LogP contribution is 2.22. The lowest BCUT2D eigenvalue weighted by molar-refractivity contribution is -0.131. The van der Waals surface area contributed by atoms with Crippen molar-refractivity contribution in [1.82, 2.24) is 10.2 Å². The number of carbonyl (C=O) groups excluding carboxylic acids is 1. The summed E-state index contributed by atoms with van der Waals surface area (Å²) in [4.78, 5) is 14.2. The third kappa shape index (κ3) is 2.71. The van der Waals surface area contributed by atoms with Gasteiger partial charge >= 0.3 is 0 Å². The van der Waals surface area contributed by atoms with Crippen molar-refractivity contribution in [1.29, 1.82) is 0 Å². The maximum absolute atomic E-state index is 12.3. The van der Waals surface area contributed by atoms with Crippen molar-refractivity contribution in [3.8, 4) is 0 Å². The Hall–Kier alpha value is -0.420. The molecule has 2 rings (SSSR count). The van der Waals surface area contributed by atoms with Crippen molar-refractivity contribution in [3.63, 3.8) is 0 Å². The molecule has 0 aromatic heterocycles. The molecular weight excluding hydrogens is 236 g/mol. The Morgan fingerprint density at radius 1 is 1.47 bits per heavy atom. The van der Waals surface area contributed by atoms with E-state index in [9.17, 15) is 9.00 Å². The zero-order valence-corrected chi connectivity index (χ0v) is 11.5. The molecule has 2 unspecified atom stereocenters. The maximum Gasteiger partial charge on any atom is 0.241 e. The Labute approximate surface area is 106 Å². The molecule has 1 N–H and O–H groups in total. The van der Waals surface area contributed by atoms with E-state index in [0.29, 0.717) is 18.6 Å². The van der Waals surface area contributed by atoms with Gasteiger partial charge in [0, 0.05) is 28.3 Å². The second kappa shape index (κ2) is 5.48.